The molecule has 3 N–H and O–H groups in total. The summed E-state index contributed by atoms with van der Waals surface area (Å²) in [5.74, 6) is -0.405. The third-order valence-electron chi connectivity index (χ3n) is 3.61. The number of urea groups is 1. The van der Waals surface area contributed by atoms with E-state index in [1.54, 1.807) is 23.7 Å². The molecule has 1 atom stereocenters. The molecule has 0 aromatic carbocycles. The highest BCUT2D eigenvalue weighted by molar-refractivity contribution is 7.98. The molecule has 120 valence electrons. The predicted octanol–water partition coefficient (Wildman–Crippen LogP) is 0.360. The maximum Gasteiger partial charge on any atom is 0.326 e. The quantitative estimate of drug-likeness (QED) is 0.657. The van der Waals surface area contributed by atoms with Crippen LogP contribution in [0.3, 0.4) is 0 Å². The van der Waals surface area contributed by atoms with Gasteiger partial charge in [-0.15, -0.1) is 0 Å². The summed E-state index contributed by atoms with van der Waals surface area (Å²) in [6, 6.07) is -1.22. The van der Waals surface area contributed by atoms with Crippen molar-refractivity contribution in [2.75, 3.05) is 32.1 Å². The maximum absolute atomic E-state index is 12.1. The summed E-state index contributed by atoms with van der Waals surface area (Å²) in [6.45, 7) is 0.942. The van der Waals surface area contributed by atoms with Gasteiger partial charge in [0.05, 0.1) is 0 Å². The largest absolute Gasteiger partial charge is 0.480 e. The van der Waals surface area contributed by atoms with Crippen molar-refractivity contribution in [3.05, 3.63) is 0 Å². The van der Waals surface area contributed by atoms with Crippen molar-refractivity contribution in [2.24, 2.45) is 5.92 Å². The number of piperidine rings is 1. The van der Waals surface area contributed by atoms with E-state index in [0.29, 0.717) is 38.1 Å². The minimum Gasteiger partial charge on any atom is -0.480 e. The van der Waals surface area contributed by atoms with Crippen LogP contribution in [0, 0.1) is 5.92 Å². The van der Waals surface area contributed by atoms with Crippen molar-refractivity contribution in [3.8, 4) is 0 Å². The molecule has 0 aromatic heterocycles. The molecule has 1 aliphatic rings. The molecule has 1 heterocycles. The Morgan fingerprint density at radius 3 is 2.43 bits per heavy atom. The number of rotatable bonds is 6. The number of likely N-dealkylation sites (tertiary alicyclic amines) is 1. The average Bonchev–Trinajstić information content (AvgIpc) is 2.50. The molecule has 1 saturated heterocycles. The van der Waals surface area contributed by atoms with E-state index in [2.05, 4.69) is 10.6 Å². The zero-order valence-corrected chi connectivity index (χ0v) is 13.2. The maximum atomic E-state index is 12.1. The molecule has 3 amide bonds. The van der Waals surface area contributed by atoms with E-state index >= 15 is 0 Å². The Morgan fingerprint density at radius 2 is 1.95 bits per heavy atom. The van der Waals surface area contributed by atoms with Crippen LogP contribution in [0.25, 0.3) is 0 Å². The summed E-state index contributed by atoms with van der Waals surface area (Å²) in [5.41, 5.74) is 0. The smallest absolute Gasteiger partial charge is 0.326 e. The van der Waals surface area contributed by atoms with Crippen molar-refractivity contribution < 1.29 is 19.5 Å². The summed E-state index contributed by atoms with van der Waals surface area (Å²) in [6.07, 6.45) is 3.51. The van der Waals surface area contributed by atoms with E-state index in [4.69, 9.17) is 5.11 Å². The standard InChI is InChI=1S/C13H23N3O4S/c1-14-11(17)9-3-6-16(7-4-9)13(20)15-10(12(18)19)5-8-21-2/h9-10H,3-8H2,1-2H3,(H,14,17)(H,15,20)(H,18,19)/t10-/m1/s1. The number of aliphatic carboxylic acids is 1. The summed E-state index contributed by atoms with van der Waals surface area (Å²) < 4.78 is 0. The number of carbonyl (C=O) groups excluding carboxylic acids is 2. The Kier molecular flexibility index (Phi) is 7.35. The van der Waals surface area contributed by atoms with Crippen LogP contribution in [-0.4, -0.2) is 66.1 Å². The average molecular weight is 317 g/mol. The molecule has 0 unspecified atom stereocenters. The van der Waals surface area contributed by atoms with E-state index in [9.17, 15) is 14.4 Å². The van der Waals surface area contributed by atoms with E-state index in [0.717, 1.165) is 0 Å². The molecule has 1 rings (SSSR count). The van der Waals surface area contributed by atoms with E-state index in [-0.39, 0.29) is 17.9 Å². The van der Waals surface area contributed by atoms with Crippen LogP contribution in [0.15, 0.2) is 0 Å². The molecule has 0 spiro atoms. The lowest BCUT2D eigenvalue weighted by molar-refractivity contribution is -0.139. The molecule has 8 heteroatoms. The summed E-state index contributed by atoms with van der Waals surface area (Å²) in [4.78, 5) is 36.3. The number of carbonyl (C=O) groups is 3. The van der Waals surface area contributed by atoms with Gasteiger partial charge in [-0.1, -0.05) is 0 Å². The third-order valence-corrected chi connectivity index (χ3v) is 4.25. The zero-order valence-electron chi connectivity index (χ0n) is 12.4. The number of carboxylic acid groups (broad SMARTS) is 1. The van der Waals surface area contributed by atoms with Gasteiger partial charge in [-0.05, 0) is 31.3 Å². The van der Waals surface area contributed by atoms with Gasteiger partial charge >= 0.3 is 12.0 Å². The Balaban J connectivity index is 2.45. The first-order chi connectivity index (χ1) is 9.99. The van der Waals surface area contributed by atoms with Crippen LogP contribution in [0.4, 0.5) is 4.79 Å². The molecule has 0 saturated carbocycles. The van der Waals surface area contributed by atoms with Gasteiger partial charge in [0, 0.05) is 26.1 Å². The molecule has 1 aliphatic heterocycles. The number of thioether (sulfide) groups is 1. The molecular weight excluding hydrogens is 294 g/mol. The number of nitrogens with zero attached hydrogens (tertiary/aromatic N) is 1. The van der Waals surface area contributed by atoms with Crippen LogP contribution >= 0.6 is 11.8 Å². The zero-order chi connectivity index (χ0) is 15.8. The summed E-state index contributed by atoms with van der Waals surface area (Å²) in [5, 5.41) is 14.3. The van der Waals surface area contributed by atoms with Crippen molar-refractivity contribution in [1.82, 2.24) is 15.5 Å². The molecule has 0 aromatic rings. The summed E-state index contributed by atoms with van der Waals surface area (Å²) in [7, 11) is 1.60. The normalized spacial score (nSPS) is 17.1. The van der Waals surface area contributed by atoms with Crippen LogP contribution in [0.1, 0.15) is 19.3 Å². The third kappa shape index (κ3) is 5.45. The number of carboxylic acids is 1. The first kappa shape index (κ1) is 17.6. The van der Waals surface area contributed by atoms with E-state index < -0.39 is 12.0 Å². The monoisotopic (exact) mass is 317 g/mol. The van der Waals surface area contributed by atoms with Gasteiger partial charge in [0.2, 0.25) is 5.91 Å². The Labute approximate surface area is 128 Å². The van der Waals surface area contributed by atoms with Gasteiger partial charge < -0.3 is 20.6 Å². The van der Waals surface area contributed by atoms with Crippen LogP contribution in [-0.2, 0) is 9.59 Å². The van der Waals surface area contributed by atoms with E-state index in [1.807, 2.05) is 6.26 Å². The van der Waals surface area contributed by atoms with Gasteiger partial charge in [0.15, 0.2) is 0 Å². The molecule has 0 radical (unpaired) electrons. The lowest BCUT2D eigenvalue weighted by Gasteiger charge is -2.32. The summed E-state index contributed by atoms with van der Waals surface area (Å²) >= 11 is 1.54. The molecule has 1 fully saturated rings. The van der Waals surface area contributed by atoms with Gasteiger partial charge in [-0.3, -0.25) is 4.79 Å². The first-order valence-electron chi connectivity index (χ1n) is 6.98. The van der Waals surface area contributed by atoms with Gasteiger partial charge in [0.1, 0.15) is 6.04 Å². The minimum absolute atomic E-state index is 0.00144. The second kappa shape index (κ2) is 8.76. The topological polar surface area (TPSA) is 98.7 Å². The number of amides is 3. The highest BCUT2D eigenvalue weighted by Gasteiger charge is 2.28. The Morgan fingerprint density at radius 1 is 1.33 bits per heavy atom. The lowest BCUT2D eigenvalue weighted by atomic mass is 9.96. The van der Waals surface area contributed by atoms with Crippen LogP contribution in [0.2, 0.25) is 0 Å². The SMILES string of the molecule is CNC(=O)C1CCN(C(=O)N[C@H](CCSC)C(=O)O)CC1. The van der Waals surface area contributed by atoms with Crippen LogP contribution < -0.4 is 10.6 Å². The van der Waals surface area contributed by atoms with Crippen LogP contribution in [0.5, 0.6) is 0 Å². The van der Waals surface area contributed by atoms with Crippen molar-refractivity contribution in [3.63, 3.8) is 0 Å². The molecule has 0 bridgehead atoms. The van der Waals surface area contributed by atoms with Gasteiger partial charge in [0.25, 0.3) is 0 Å². The highest BCUT2D eigenvalue weighted by atomic mass is 32.2. The van der Waals surface area contributed by atoms with Crippen molar-refractivity contribution in [2.45, 2.75) is 25.3 Å². The predicted molar refractivity (Wildman–Crippen MR) is 81.3 cm³/mol. The number of hydrogen-bond acceptors (Lipinski definition) is 4. The van der Waals surface area contributed by atoms with Gasteiger partial charge in [-0.25, -0.2) is 9.59 Å². The van der Waals surface area contributed by atoms with Crippen molar-refractivity contribution >= 4 is 29.7 Å². The fourth-order valence-electron chi connectivity index (χ4n) is 2.28. The fourth-order valence-corrected chi connectivity index (χ4v) is 2.75. The second-order valence-electron chi connectivity index (χ2n) is 5.00. The second-order valence-corrected chi connectivity index (χ2v) is 5.98. The lowest BCUT2D eigenvalue weighted by Crippen LogP contribution is -2.51. The Hall–Kier alpha value is -1.44. The van der Waals surface area contributed by atoms with Gasteiger partial charge in [-0.2, -0.15) is 11.8 Å². The number of nitrogens with one attached hydrogen (secondary N) is 2. The molecular formula is C13H23N3O4S. The highest BCUT2D eigenvalue weighted by Crippen LogP contribution is 2.17. The van der Waals surface area contributed by atoms with Crippen molar-refractivity contribution in [1.29, 1.82) is 0 Å². The number of hydrogen-bond donors (Lipinski definition) is 3. The Bertz CT molecular complexity index is 384. The molecule has 21 heavy (non-hydrogen) atoms. The molecule has 7 nitrogen and oxygen atoms in total. The van der Waals surface area contributed by atoms with E-state index in [1.165, 1.54) is 0 Å². The first-order valence-corrected chi connectivity index (χ1v) is 8.37. The molecule has 0 aliphatic carbocycles. The minimum atomic E-state index is -1.02. The fraction of sp³-hybridized carbons (Fsp3) is 0.769.